The van der Waals surface area contributed by atoms with E-state index in [1.165, 1.54) is 36.5 Å². The lowest BCUT2D eigenvalue weighted by Gasteiger charge is -2.20. The molecule has 0 radical (unpaired) electrons. The van der Waals surface area contributed by atoms with Crippen LogP contribution in [0.2, 0.25) is 0 Å². The second-order valence-electron chi connectivity index (χ2n) is 3.31. The summed E-state index contributed by atoms with van der Waals surface area (Å²) in [7, 11) is -4.54. The fourth-order valence-corrected chi connectivity index (χ4v) is 2.35. The summed E-state index contributed by atoms with van der Waals surface area (Å²) in [5.41, 5.74) is 0.368. The van der Waals surface area contributed by atoms with Gasteiger partial charge in [0.2, 0.25) is 0 Å². The van der Waals surface area contributed by atoms with Crippen LogP contribution in [0, 0.1) is 0 Å². The first-order valence-electron chi connectivity index (χ1n) is 4.39. The number of primary sulfonamides is 1. The number of nitrogens with zero attached hydrogens (tertiary/aromatic N) is 1. The minimum absolute atomic E-state index is 0.231. The fourth-order valence-electron chi connectivity index (χ4n) is 1.26. The molecule has 0 unspecified atom stereocenters. The molecule has 9 heteroatoms. The minimum Gasteiger partial charge on any atom is -0.349 e. The van der Waals surface area contributed by atoms with Gasteiger partial charge in [-0.15, -0.1) is 0 Å². The van der Waals surface area contributed by atoms with Crippen LogP contribution in [0.3, 0.4) is 0 Å². The third kappa shape index (κ3) is 2.15. The zero-order chi connectivity index (χ0) is 12.7. The predicted octanol–water partition coefficient (Wildman–Crippen LogP) is -0.660. The maximum absolute atomic E-state index is 11.0. The molecule has 1 aliphatic rings. The molecule has 0 aliphatic carbocycles. The lowest BCUT2D eigenvalue weighted by molar-refractivity contribution is -0.0911. The highest BCUT2D eigenvalue weighted by Gasteiger charge is 2.39. The number of hydrogen-bond acceptors (Lipinski definition) is 7. The molecule has 1 heterocycles. The van der Waals surface area contributed by atoms with Gasteiger partial charge in [-0.05, 0) is 24.1 Å². The molecule has 1 aromatic rings. The molecule has 17 heavy (non-hydrogen) atoms. The molecule has 1 aliphatic heterocycles. The summed E-state index contributed by atoms with van der Waals surface area (Å²) in [5, 5.41) is 20.6. The monoisotopic (exact) mass is 275 g/mol. The number of nitrogens with one attached hydrogen (secondary N) is 1. The predicted molar refractivity (Wildman–Crippen MR) is 62.8 cm³/mol. The van der Waals surface area contributed by atoms with Crippen LogP contribution in [0.1, 0.15) is 5.56 Å². The summed E-state index contributed by atoms with van der Waals surface area (Å²) >= 11 is 1.17. The molecule has 0 saturated carbocycles. The van der Waals surface area contributed by atoms with Crippen molar-refractivity contribution in [2.75, 3.05) is 0 Å². The number of aliphatic hydroxyl groups is 2. The van der Waals surface area contributed by atoms with Crippen LogP contribution in [-0.4, -0.2) is 25.0 Å². The van der Waals surface area contributed by atoms with Crippen LogP contribution in [0.25, 0.3) is 0 Å². The average molecular weight is 275 g/mol. The maximum atomic E-state index is 11.0. The Labute approximate surface area is 102 Å². The van der Waals surface area contributed by atoms with Crippen molar-refractivity contribution in [1.29, 1.82) is 0 Å². The van der Waals surface area contributed by atoms with E-state index in [-0.39, 0.29) is 5.56 Å². The number of fused-ring (bicyclic) bond motifs is 1. The Morgan fingerprint density at radius 1 is 1.41 bits per heavy atom. The van der Waals surface area contributed by atoms with Gasteiger partial charge in [0, 0.05) is 5.56 Å². The van der Waals surface area contributed by atoms with E-state index >= 15 is 0 Å². The summed E-state index contributed by atoms with van der Waals surface area (Å²) in [6.45, 7) is 0. The second-order valence-corrected chi connectivity index (χ2v) is 5.85. The van der Waals surface area contributed by atoms with Crippen molar-refractivity contribution in [3.8, 4) is 0 Å². The summed E-state index contributed by atoms with van der Waals surface area (Å²) in [5.74, 6) is 0. The molecular weight excluding hydrogens is 266 g/mol. The van der Waals surface area contributed by atoms with Crippen molar-refractivity contribution in [2.24, 2.45) is 10.1 Å². The lowest BCUT2D eigenvalue weighted by atomic mass is 10.2. The number of rotatable bonds is 2. The van der Waals surface area contributed by atoms with E-state index in [0.717, 1.165) is 0 Å². The van der Waals surface area contributed by atoms with Gasteiger partial charge in [-0.3, -0.25) is 0 Å². The van der Waals surface area contributed by atoms with Gasteiger partial charge in [-0.2, -0.15) is 0 Å². The van der Waals surface area contributed by atoms with Gasteiger partial charge in [0.15, 0.2) is 0 Å². The smallest absolute Gasteiger partial charge is 0.310 e. The Bertz CT molecular complexity index is 582. The van der Waals surface area contributed by atoms with Gasteiger partial charge < -0.3 is 14.9 Å². The minimum atomic E-state index is -4.54. The van der Waals surface area contributed by atoms with Crippen molar-refractivity contribution >= 4 is 34.0 Å². The van der Waals surface area contributed by atoms with Crippen LogP contribution in [0.4, 0.5) is 5.69 Å². The highest BCUT2D eigenvalue weighted by Crippen LogP contribution is 2.34. The Hall–Kier alpha value is -1.13. The standard InChI is InChI=1S/C8H9N3O4S2/c9-17(14,15)8(12,13)5-1-2-6-7(3-5)16-11-4-10-6/h1-4,12-13H,(H,10,11)(H2,9,14,15). The van der Waals surface area contributed by atoms with Crippen LogP contribution in [-0.2, 0) is 15.1 Å². The Morgan fingerprint density at radius 2 is 2.12 bits per heavy atom. The number of nitrogens with two attached hydrogens (primary N) is 1. The quantitative estimate of drug-likeness (QED) is 0.419. The molecule has 1 aromatic carbocycles. The summed E-state index contributed by atoms with van der Waals surface area (Å²) < 4.78 is 24.8. The number of aliphatic imine (C=N–C) groups is 1. The van der Waals surface area contributed by atoms with Gasteiger partial charge in [0.1, 0.15) is 0 Å². The van der Waals surface area contributed by atoms with E-state index in [0.29, 0.717) is 10.6 Å². The zero-order valence-electron chi connectivity index (χ0n) is 8.36. The largest absolute Gasteiger partial charge is 0.349 e. The van der Waals surface area contributed by atoms with Crippen LogP contribution in [0.15, 0.2) is 28.1 Å². The molecule has 0 bridgehead atoms. The third-order valence-electron chi connectivity index (χ3n) is 2.16. The first kappa shape index (κ1) is 12.3. The highest BCUT2D eigenvalue weighted by molar-refractivity contribution is 7.98. The Balaban J connectivity index is 2.52. The molecule has 0 atom stereocenters. The maximum Gasteiger partial charge on any atom is 0.310 e. The van der Waals surface area contributed by atoms with Gasteiger partial charge >= 0.3 is 5.12 Å². The molecular formula is C8H9N3O4S2. The molecule has 92 valence electrons. The molecule has 0 amide bonds. The van der Waals surface area contributed by atoms with Gasteiger partial charge in [-0.25, -0.2) is 18.5 Å². The van der Waals surface area contributed by atoms with Gasteiger partial charge in [0.05, 0.1) is 16.9 Å². The van der Waals surface area contributed by atoms with E-state index in [2.05, 4.69) is 9.71 Å². The third-order valence-corrected chi connectivity index (χ3v) is 3.96. The second kappa shape index (κ2) is 3.96. The molecule has 0 spiro atoms. The molecule has 0 fully saturated rings. The van der Waals surface area contributed by atoms with Crippen molar-refractivity contribution in [3.05, 3.63) is 23.8 Å². The fraction of sp³-hybridized carbons (Fsp3) is 0.125. The lowest BCUT2D eigenvalue weighted by Crippen LogP contribution is -2.40. The molecule has 0 saturated heterocycles. The Kier molecular flexibility index (Phi) is 2.87. The van der Waals surface area contributed by atoms with Crippen molar-refractivity contribution in [1.82, 2.24) is 4.72 Å². The van der Waals surface area contributed by atoms with Crippen molar-refractivity contribution < 1.29 is 18.6 Å². The van der Waals surface area contributed by atoms with Crippen LogP contribution >= 0.6 is 11.9 Å². The van der Waals surface area contributed by atoms with Crippen LogP contribution < -0.4 is 9.86 Å². The van der Waals surface area contributed by atoms with Gasteiger partial charge in [0.25, 0.3) is 10.0 Å². The number of hydrogen-bond donors (Lipinski definition) is 4. The van der Waals surface area contributed by atoms with E-state index in [9.17, 15) is 18.6 Å². The molecule has 5 N–H and O–H groups in total. The first-order valence-corrected chi connectivity index (χ1v) is 6.75. The number of sulfonamides is 1. The SMILES string of the molecule is NS(=O)(=O)C(O)(O)c1ccc2c(c1)SNC=N2. The average Bonchev–Trinajstić information content (AvgIpc) is 2.27. The van der Waals surface area contributed by atoms with E-state index in [1.807, 2.05) is 0 Å². The number of benzene rings is 1. The van der Waals surface area contributed by atoms with Crippen molar-refractivity contribution in [3.63, 3.8) is 0 Å². The van der Waals surface area contributed by atoms with Gasteiger partial charge in [-0.1, -0.05) is 6.07 Å². The summed E-state index contributed by atoms with van der Waals surface area (Å²) in [4.78, 5) is 4.55. The summed E-state index contributed by atoms with van der Waals surface area (Å²) in [6, 6.07) is 4.02. The molecule has 7 nitrogen and oxygen atoms in total. The normalized spacial score (nSPS) is 15.2. The first-order chi connectivity index (χ1) is 7.82. The van der Waals surface area contributed by atoms with Crippen molar-refractivity contribution in [2.45, 2.75) is 10.0 Å². The topological polar surface area (TPSA) is 125 Å². The van der Waals surface area contributed by atoms with E-state index in [1.54, 1.807) is 0 Å². The van der Waals surface area contributed by atoms with E-state index < -0.39 is 15.1 Å². The van der Waals surface area contributed by atoms with E-state index in [4.69, 9.17) is 5.14 Å². The highest BCUT2D eigenvalue weighted by atomic mass is 32.2. The van der Waals surface area contributed by atoms with Crippen LogP contribution in [0.5, 0.6) is 0 Å². The Morgan fingerprint density at radius 3 is 2.76 bits per heavy atom. The molecule has 0 aromatic heterocycles. The molecule has 2 rings (SSSR count). The zero-order valence-corrected chi connectivity index (χ0v) is 9.99. The summed E-state index contributed by atoms with van der Waals surface area (Å²) in [6.07, 6.45) is 1.47.